The number of hydrogen-bond acceptors (Lipinski definition) is 9. The quantitative estimate of drug-likeness (QED) is 0.197. The fourth-order valence-corrected chi connectivity index (χ4v) is 4.91. The number of nitrogens with one attached hydrogen (secondary N) is 2. The van der Waals surface area contributed by atoms with Gasteiger partial charge < -0.3 is 39.6 Å². The van der Waals surface area contributed by atoms with Crippen molar-refractivity contribution in [2.45, 2.75) is 44.7 Å². The van der Waals surface area contributed by atoms with Crippen LogP contribution < -0.4 is 15.4 Å². The SMILES string of the molecule is COC1O[C@H](Cn2c(COc3cccc(Cl)c3)cc3c(NCCNC(C)=O)nc(-c4ccccc4)nc32)[C@@H](O)[C@H]1O. The number of ether oxygens (including phenoxy) is 3. The Balaban J connectivity index is 1.57. The van der Waals surface area contributed by atoms with Crippen LogP contribution in [0.1, 0.15) is 12.6 Å². The molecule has 1 aliphatic rings. The van der Waals surface area contributed by atoms with Crippen molar-refractivity contribution in [2.24, 2.45) is 0 Å². The third-order valence-electron chi connectivity index (χ3n) is 6.76. The summed E-state index contributed by atoms with van der Waals surface area (Å²) >= 11 is 6.15. The Morgan fingerprint density at radius 1 is 1.07 bits per heavy atom. The molecule has 1 fully saturated rings. The van der Waals surface area contributed by atoms with Crippen LogP contribution in [0.25, 0.3) is 22.4 Å². The summed E-state index contributed by atoms with van der Waals surface area (Å²) in [6.45, 7) is 2.62. The number of halogens is 1. The van der Waals surface area contributed by atoms with Gasteiger partial charge in [0, 0.05) is 37.7 Å². The monoisotopic (exact) mass is 581 g/mol. The van der Waals surface area contributed by atoms with Crippen LogP contribution in [0.15, 0.2) is 60.7 Å². The van der Waals surface area contributed by atoms with Crippen LogP contribution >= 0.6 is 11.6 Å². The molecule has 0 bridgehead atoms. The Bertz CT molecular complexity index is 1500. The number of aromatic nitrogens is 3. The van der Waals surface area contributed by atoms with Crippen LogP contribution in [0.2, 0.25) is 5.02 Å². The summed E-state index contributed by atoms with van der Waals surface area (Å²) in [6, 6.07) is 18.6. The van der Waals surface area contributed by atoms with Crippen LogP contribution in [0.4, 0.5) is 5.82 Å². The average molecular weight is 582 g/mol. The second-order valence-electron chi connectivity index (χ2n) is 9.66. The highest BCUT2D eigenvalue weighted by Gasteiger charge is 2.43. The number of methoxy groups -OCH3 is 1. The molecule has 1 aliphatic heterocycles. The first kappa shape index (κ1) is 28.8. The summed E-state index contributed by atoms with van der Waals surface area (Å²) in [5.41, 5.74) is 2.13. The van der Waals surface area contributed by atoms with Gasteiger partial charge in [-0.3, -0.25) is 4.79 Å². The van der Waals surface area contributed by atoms with E-state index in [2.05, 4.69) is 10.6 Å². The fraction of sp³-hybridized carbons (Fsp3) is 0.345. The molecular formula is C29H32ClN5O6. The fourth-order valence-electron chi connectivity index (χ4n) is 4.72. The maximum Gasteiger partial charge on any atom is 0.216 e. The van der Waals surface area contributed by atoms with Gasteiger partial charge in [0.05, 0.1) is 17.6 Å². The lowest BCUT2D eigenvalue weighted by atomic mass is 10.1. The molecule has 4 N–H and O–H groups in total. The minimum absolute atomic E-state index is 0.122. The van der Waals surface area contributed by atoms with Crippen molar-refractivity contribution < 1.29 is 29.2 Å². The van der Waals surface area contributed by atoms with E-state index in [1.165, 1.54) is 14.0 Å². The van der Waals surface area contributed by atoms with Crippen molar-refractivity contribution in [1.82, 2.24) is 19.9 Å². The summed E-state index contributed by atoms with van der Waals surface area (Å²) < 4.78 is 19.0. The number of carbonyl (C=O) groups is 1. The van der Waals surface area contributed by atoms with Crippen molar-refractivity contribution >= 4 is 34.4 Å². The zero-order valence-corrected chi connectivity index (χ0v) is 23.4. The molecule has 3 heterocycles. The maximum atomic E-state index is 11.4. The summed E-state index contributed by atoms with van der Waals surface area (Å²) in [5.74, 6) is 1.53. The third-order valence-corrected chi connectivity index (χ3v) is 6.99. The first-order valence-corrected chi connectivity index (χ1v) is 13.6. The summed E-state index contributed by atoms with van der Waals surface area (Å²) in [7, 11) is 1.41. The van der Waals surface area contributed by atoms with Gasteiger partial charge in [0.15, 0.2) is 12.1 Å². The van der Waals surface area contributed by atoms with Crippen molar-refractivity contribution in [3.8, 4) is 17.1 Å². The normalized spacial score (nSPS) is 20.3. The first-order valence-electron chi connectivity index (χ1n) is 13.2. The minimum Gasteiger partial charge on any atom is -0.487 e. The molecule has 0 aliphatic carbocycles. The molecule has 4 aromatic rings. The molecule has 2 aromatic carbocycles. The number of amides is 1. The Morgan fingerprint density at radius 3 is 2.59 bits per heavy atom. The molecule has 1 unspecified atom stereocenters. The number of anilines is 1. The predicted molar refractivity (Wildman–Crippen MR) is 154 cm³/mol. The van der Waals surface area contributed by atoms with Gasteiger partial charge in [-0.2, -0.15) is 0 Å². The van der Waals surface area contributed by atoms with Gasteiger partial charge in [0.2, 0.25) is 5.91 Å². The van der Waals surface area contributed by atoms with E-state index in [0.717, 1.165) is 11.3 Å². The summed E-state index contributed by atoms with van der Waals surface area (Å²) in [6.07, 6.45) is -4.10. The average Bonchev–Trinajstić information content (AvgIpc) is 3.46. The molecule has 216 valence electrons. The highest BCUT2D eigenvalue weighted by Crippen LogP contribution is 2.31. The van der Waals surface area contributed by atoms with E-state index in [1.54, 1.807) is 18.2 Å². The lowest BCUT2D eigenvalue weighted by Crippen LogP contribution is -2.35. The van der Waals surface area contributed by atoms with E-state index in [9.17, 15) is 15.0 Å². The molecular weight excluding hydrogens is 550 g/mol. The molecule has 12 heteroatoms. The smallest absolute Gasteiger partial charge is 0.216 e. The zero-order valence-electron chi connectivity index (χ0n) is 22.7. The predicted octanol–water partition coefficient (Wildman–Crippen LogP) is 2.97. The number of fused-ring (bicyclic) bond motifs is 1. The van der Waals surface area contributed by atoms with Crippen molar-refractivity contribution in [3.05, 3.63) is 71.4 Å². The highest BCUT2D eigenvalue weighted by atomic mass is 35.5. The Hall–Kier alpha value is -3.74. The number of benzene rings is 2. The second kappa shape index (κ2) is 12.8. The van der Waals surface area contributed by atoms with Gasteiger partial charge in [0.25, 0.3) is 0 Å². The van der Waals surface area contributed by atoms with Crippen molar-refractivity contribution in [2.75, 3.05) is 25.5 Å². The van der Waals surface area contributed by atoms with Crippen molar-refractivity contribution in [1.29, 1.82) is 0 Å². The van der Waals surface area contributed by atoms with Gasteiger partial charge in [-0.05, 0) is 24.3 Å². The van der Waals surface area contributed by atoms with E-state index in [-0.39, 0.29) is 19.1 Å². The van der Waals surface area contributed by atoms with Gasteiger partial charge in [-0.25, -0.2) is 9.97 Å². The van der Waals surface area contributed by atoms with Crippen LogP contribution in [0.3, 0.4) is 0 Å². The number of nitrogens with zero attached hydrogens (tertiary/aromatic N) is 3. The minimum atomic E-state index is -1.20. The molecule has 41 heavy (non-hydrogen) atoms. The van der Waals surface area contributed by atoms with E-state index in [4.69, 9.17) is 35.8 Å². The molecule has 1 amide bonds. The number of hydrogen-bond donors (Lipinski definition) is 4. The number of carbonyl (C=O) groups excluding carboxylic acids is 1. The Kier molecular flexibility index (Phi) is 9.01. The van der Waals surface area contributed by atoms with Gasteiger partial charge >= 0.3 is 0 Å². The molecule has 4 atom stereocenters. The summed E-state index contributed by atoms with van der Waals surface area (Å²) in [5, 5.41) is 28.5. The largest absolute Gasteiger partial charge is 0.487 e. The van der Waals surface area contributed by atoms with Gasteiger partial charge in [-0.1, -0.05) is 48.0 Å². The van der Waals surface area contributed by atoms with E-state index in [1.807, 2.05) is 47.0 Å². The number of aliphatic hydroxyl groups is 2. The van der Waals surface area contributed by atoms with Crippen LogP contribution in [0.5, 0.6) is 5.75 Å². The lowest BCUT2D eigenvalue weighted by Gasteiger charge is -2.18. The van der Waals surface area contributed by atoms with Crippen LogP contribution in [-0.2, 0) is 27.4 Å². The molecule has 2 aromatic heterocycles. The second-order valence-corrected chi connectivity index (χ2v) is 10.1. The summed E-state index contributed by atoms with van der Waals surface area (Å²) in [4.78, 5) is 21.1. The molecule has 0 radical (unpaired) electrons. The zero-order chi connectivity index (χ0) is 28.9. The number of rotatable bonds is 11. The maximum absolute atomic E-state index is 11.4. The standard InChI is InChI=1S/C29H32ClN5O6/c1-17(36)31-11-12-32-27-22-14-20(16-40-21-10-6-9-19(30)13-21)35(15-23-24(37)25(38)29(39-2)41-23)28(22)34-26(33-27)18-7-4-3-5-8-18/h3-10,13-14,23-25,29,37-38H,11-12,15-16H2,1-2H3,(H,31,36)(H,32,33,34)/t23-,24-,25-,29?/m1/s1. The van der Waals surface area contributed by atoms with E-state index < -0.39 is 24.6 Å². The third kappa shape index (κ3) is 6.61. The molecule has 1 saturated heterocycles. The van der Waals surface area contributed by atoms with E-state index in [0.29, 0.717) is 46.5 Å². The molecule has 11 nitrogen and oxygen atoms in total. The van der Waals surface area contributed by atoms with Gasteiger partial charge in [0.1, 0.15) is 42.1 Å². The Morgan fingerprint density at radius 2 is 1.88 bits per heavy atom. The van der Waals surface area contributed by atoms with Crippen LogP contribution in [0, 0.1) is 0 Å². The molecule has 5 rings (SSSR count). The topological polar surface area (TPSA) is 140 Å². The lowest BCUT2D eigenvalue weighted by molar-refractivity contribution is -0.150. The molecule has 0 spiro atoms. The molecule has 0 saturated carbocycles. The highest BCUT2D eigenvalue weighted by molar-refractivity contribution is 6.30. The number of aliphatic hydroxyl groups excluding tert-OH is 2. The van der Waals surface area contributed by atoms with E-state index >= 15 is 0 Å². The first-order chi connectivity index (χ1) is 19.8. The van der Waals surface area contributed by atoms with Crippen LogP contribution in [-0.4, -0.2) is 75.5 Å². The Labute approximate surface area is 242 Å². The van der Waals surface area contributed by atoms with Crippen molar-refractivity contribution in [3.63, 3.8) is 0 Å². The van der Waals surface area contributed by atoms with Gasteiger partial charge in [-0.15, -0.1) is 0 Å².